The third-order valence-corrected chi connectivity index (χ3v) is 4.82. The van der Waals surface area contributed by atoms with E-state index >= 15 is 0 Å². The summed E-state index contributed by atoms with van der Waals surface area (Å²) < 4.78 is 10.9. The minimum atomic E-state index is -0.673. The van der Waals surface area contributed by atoms with Gasteiger partial charge in [-0.05, 0) is 37.3 Å². The smallest absolute Gasteiger partial charge is 0.339 e. The molecule has 3 aromatic heterocycles. The number of benzene rings is 1. The number of esters is 1. The number of para-hydroxylation sites is 1. The number of nitrogens with zero attached hydrogens (tertiary/aromatic N) is 2. The number of aryl methyl sites for hydroxylation is 1. The van der Waals surface area contributed by atoms with Crippen LogP contribution in [0.1, 0.15) is 16.1 Å². The first-order valence-electron chi connectivity index (χ1n) is 9.15. The van der Waals surface area contributed by atoms with Gasteiger partial charge in [0.2, 0.25) is 0 Å². The van der Waals surface area contributed by atoms with E-state index in [1.54, 1.807) is 30.3 Å². The van der Waals surface area contributed by atoms with Crippen molar-refractivity contribution in [1.82, 2.24) is 9.97 Å². The number of nitrogens with one attached hydrogen (secondary N) is 1. The molecule has 0 atom stereocenters. The third-order valence-electron chi connectivity index (χ3n) is 4.33. The first-order chi connectivity index (χ1) is 14.9. The summed E-state index contributed by atoms with van der Waals surface area (Å²) in [5, 5.41) is 3.58. The maximum Gasteiger partial charge on any atom is 0.339 e. The minimum absolute atomic E-state index is 0.122. The maximum atomic E-state index is 12.8. The van der Waals surface area contributed by atoms with E-state index in [4.69, 9.17) is 32.4 Å². The number of hydrogen-bond acceptors (Lipinski definition) is 6. The van der Waals surface area contributed by atoms with E-state index in [0.717, 1.165) is 5.76 Å². The van der Waals surface area contributed by atoms with Crippen LogP contribution in [0, 0.1) is 6.92 Å². The molecule has 0 saturated heterocycles. The van der Waals surface area contributed by atoms with Crippen molar-refractivity contribution < 1.29 is 18.7 Å². The average molecular weight is 456 g/mol. The van der Waals surface area contributed by atoms with Gasteiger partial charge in [0.15, 0.2) is 18.2 Å². The summed E-state index contributed by atoms with van der Waals surface area (Å²) in [4.78, 5) is 33.5. The zero-order valence-electron chi connectivity index (χ0n) is 16.2. The minimum Gasteiger partial charge on any atom is -0.460 e. The number of carbonyl (C=O) groups excluding carboxylic acids is 2. The third kappa shape index (κ3) is 4.68. The van der Waals surface area contributed by atoms with Gasteiger partial charge >= 0.3 is 5.97 Å². The Morgan fingerprint density at radius 2 is 1.94 bits per heavy atom. The van der Waals surface area contributed by atoms with Crippen LogP contribution < -0.4 is 5.32 Å². The van der Waals surface area contributed by atoms with Crippen LogP contribution >= 0.6 is 23.2 Å². The fraction of sp³-hybridized carbons (Fsp3) is 0.0909. The molecule has 1 amide bonds. The molecule has 0 spiro atoms. The van der Waals surface area contributed by atoms with Gasteiger partial charge in [-0.1, -0.05) is 41.4 Å². The molecule has 0 aliphatic rings. The number of carbonyl (C=O) groups is 2. The van der Waals surface area contributed by atoms with Crippen molar-refractivity contribution in [3.63, 3.8) is 0 Å². The molecule has 7 nitrogen and oxygen atoms in total. The molecule has 0 aliphatic carbocycles. The zero-order valence-corrected chi connectivity index (χ0v) is 17.7. The van der Waals surface area contributed by atoms with E-state index in [1.807, 2.05) is 19.1 Å². The summed E-state index contributed by atoms with van der Waals surface area (Å²) in [6.07, 6.45) is 1.34. The Kier molecular flexibility index (Phi) is 5.88. The molecule has 4 rings (SSSR count). The van der Waals surface area contributed by atoms with Crippen molar-refractivity contribution in [1.29, 1.82) is 0 Å². The molecular weight excluding hydrogens is 441 g/mol. The van der Waals surface area contributed by atoms with Crippen molar-refractivity contribution in [3.8, 4) is 11.5 Å². The fourth-order valence-corrected chi connectivity index (χ4v) is 3.35. The second-order valence-corrected chi connectivity index (χ2v) is 7.43. The summed E-state index contributed by atoms with van der Waals surface area (Å²) in [6, 6.07) is 13.8. The quantitative estimate of drug-likeness (QED) is 0.410. The predicted octanol–water partition coefficient (Wildman–Crippen LogP) is 5.30. The van der Waals surface area contributed by atoms with Crippen molar-refractivity contribution in [3.05, 3.63) is 76.1 Å². The van der Waals surface area contributed by atoms with Gasteiger partial charge in [-0.2, -0.15) is 0 Å². The summed E-state index contributed by atoms with van der Waals surface area (Å²) in [7, 11) is 0. The molecule has 0 bridgehead atoms. The molecule has 1 aromatic carbocycles. The van der Waals surface area contributed by atoms with Gasteiger partial charge in [0.1, 0.15) is 11.5 Å². The summed E-state index contributed by atoms with van der Waals surface area (Å²) in [6.45, 7) is 1.30. The lowest BCUT2D eigenvalue weighted by atomic mass is 10.1. The van der Waals surface area contributed by atoms with Crippen LogP contribution in [0.2, 0.25) is 10.0 Å². The normalized spacial score (nSPS) is 10.8. The lowest BCUT2D eigenvalue weighted by Crippen LogP contribution is -2.21. The summed E-state index contributed by atoms with van der Waals surface area (Å²) >= 11 is 11.8. The Morgan fingerprint density at radius 3 is 2.68 bits per heavy atom. The highest BCUT2D eigenvalue weighted by atomic mass is 35.5. The van der Waals surface area contributed by atoms with Crippen LogP contribution in [-0.4, -0.2) is 28.5 Å². The second-order valence-electron chi connectivity index (χ2n) is 6.59. The molecule has 0 fully saturated rings. The van der Waals surface area contributed by atoms with E-state index in [2.05, 4.69) is 15.3 Å². The molecule has 1 N–H and O–H groups in total. The van der Waals surface area contributed by atoms with Gasteiger partial charge in [-0.25, -0.2) is 14.8 Å². The Labute approximate surface area is 187 Å². The van der Waals surface area contributed by atoms with Crippen LogP contribution in [0.3, 0.4) is 0 Å². The van der Waals surface area contributed by atoms with Crippen LogP contribution in [0.5, 0.6) is 0 Å². The molecule has 4 aromatic rings. The number of furan rings is 1. The molecule has 9 heteroatoms. The molecule has 0 unspecified atom stereocenters. The highest BCUT2D eigenvalue weighted by Gasteiger charge is 2.18. The lowest BCUT2D eigenvalue weighted by Gasteiger charge is -2.10. The Hall–Kier alpha value is -3.42. The Balaban J connectivity index is 1.55. The number of pyridine rings is 2. The Morgan fingerprint density at radius 1 is 1.13 bits per heavy atom. The Bertz CT molecular complexity index is 1300. The van der Waals surface area contributed by atoms with E-state index in [-0.39, 0.29) is 16.4 Å². The molecule has 3 heterocycles. The summed E-state index contributed by atoms with van der Waals surface area (Å²) in [5.74, 6) is 0.106. The molecule has 0 aliphatic heterocycles. The fourth-order valence-electron chi connectivity index (χ4n) is 2.93. The topological polar surface area (TPSA) is 94.3 Å². The molecule has 31 heavy (non-hydrogen) atoms. The van der Waals surface area contributed by atoms with Crippen LogP contribution in [0.15, 0.2) is 59.1 Å². The van der Waals surface area contributed by atoms with Gasteiger partial charge in [0, 0.05) is 11.6 Å². The zero-order chi connectivity index (χ0) is 22.0. The van der Waals surface area contributed by atoms with Gasteiger partial charge in [0.25, 0.3) is 5.91 Å². The van der Waals surface area contributed by atoms with Crippen LogP contribution in [0.25, 0.3) is 22.4 Å². The van der Waals surface area contributed by atoms with Crippen molar-refractivity contribution in [2.24, 2.45) is 0 Å². The number of hydrogen-bond donors (Lipinski definition) is 1. The number of ether oxygens (including phenoxy) is 1. The number of rotatable bonds is 5. The first-order valence-corrected chi connectivity index (χ1v) is 9.91. The van der Waals surface area contributed by atoms with Gasteiger partial charge in [0.05, 0.1) is 21.1 Å². The van der Waals surface area contributed by atoms with Crippen LogP contribution in [-0.2, 0) is 9.53 Å². The second kappa shape index (κ2) is 8.75. The highest BCUT2D eigenvalue weighted by Crippen LogP contribution is 2.27. The van der Waals surface area contributed by atoms with Crippen molar-refractivity contribution in [2.75, 3.05) is 11.9 Å². The summed E-state index contributed by atoms with van der Waals surface area (Å²) in [5.41, 5.74) is 1.35. The predicted molar refractivity (Wildman–Crippen MR) is 117 cm³/mol. The molecule has 0 radical (unpaired) electrons. The molecule has 0 saturated carbocycles. The number of halogens is 2. The highest BCUT2D eigenvalue weighted by molar-refractivity contribution is 6.36. The lowest BCUT2D eigenvalue weighted by molar-refractivity contribution is -0.119. The number of fused-ring (bicyclic) bond motifs is 1. The van der Waals surface area contributed by atoms with E-state index in [0.29, 0.717) is 27.4 Å². The SMILES string of the molecule is Cc1ccc(-c2cc(C(=O)OCC(=O)Nc3ncc(Cl)cc3Cl)c3ccccc3n2)o1. The van der Waals surface area contributed by atoms with E-state index < -0.39 is 18.5 Å². The first kappa shape index (κ1) is 20.8. The molecular formula is C22H15Cl2N3O4. The maximum absolute atomic E-state index is 12.8. The van der Waals surface area contributed by atoms with Crippen LogP contribution in [0.4, 0.5) is 5.82 Å². The van der Waals surface area contributed by atoms with Gasteiger partial charge < -0.3 is 14.5 Å². The average Bonchev–Trinajstić information content (AvgIpc) is 3.19. The largest absolute Gasteiger partial charge is 0.460 e. The standard InChI is InChI=1S/C22H15Cl2N3O4/c1-12-6-7-19(31-12)18-9-15(14-4-2-3-5-17(14)26-18)22(29)30-11-20(28)27-21-16(24)8-13(23)10-25-21/h2-10H,11H2,1H3,(H,25,27,28). The van der Waals surface area contributed by atoms with Crippen molar-refractivity contribution >= 4 is 51.8 Å². The molecule has 156 valence electrons. The number of anilines is 1. The number of amides is 1. The van der Waals surface area contributed by atoms with E-state index in [1.165, 1.54) is 12.3 Å². The van der Waals surface area contributed by atoms with E-state index in [9.17, 15) is 9.59 Å². The van der Waals surface area contributed by atoms with Gasteiger partial charge in [-0.15, -0.1) is 0 Å². The monoisotopic (exact) mass is 455 g/mol. The van der Waals surface area contributed by atoms with Gasteiger partial charge in [-0.3, -0.25) is 4.79 Å². The number of aromatic nitrogens is 2. The van der Waals surface area contributed by atoms with Crippen molar-refractivity contribution in [2.45, 2.75) is 6.92 Å².